The van der Waals surface area contributed by atoms with E-state index < -0.39 is 22.7 Å². The zero-order chi connectivity index (χ0) is 27.1. The Balaban J connectivity index is 0.000000289. The molecule has 0 aliphatic heterocycles. The number of aryl methyl sites for hydroxylation is 1. The maximum Gasteiger partial charge on any atom is 0.399 e. The molecule has 3 aromatic heterocycles. The molecule has 12 heteroatoms. The molecule has 1 atom stereocenters. The van der Waals surface area contributed by atoms with Gasteiger partial charge in [-0.2, -0.15) is 9.49 Å². The first-order valence-electron chi connectivity index (χ1n) is 11.1. The molecule has 0 radical (unpaired) electrons. The number of ether oxygens (including phenoxy) is 1. The highest BCUT2D eigenvalue weighted by atomic mass is 79.9. The van der Waals surface area contributed by atoms with E-state index in [4.69, 9.17) is 4.74 Å². The van der Waals surface area contributed by atoms with Gasteiger partial charge in [-0.1, -0.05) is 0 Å². The lowest BCUT2D eigenvalue weighted by Crippen LogP contribution is -2.02. The first-order chi connectivity index (χ1) is 17.6. The van der Waals surface area contributed by atoms with E-state index >= 15 is 0 Å². The normalized spacial score (nSPS) is 11.4. The average Bonchev–Trinajstić information content (AvgIpc) is 3.32. The maximum absolute atomic E-state index is 13.7. The van der Waals surface area contributed by atoms with Gasteiger partial charge >= 0.3 is 5.82 Å². The third-order valence-electron chi connectivity index (χ3n) is 5.26. The van der Waals surface area contributed by atoms with Gasteiger partial charge in [0.1, 0.15) is 11.6 Å². The van der Waals surface area contributed by atoms with Crippen LogP contribution in [0.1, 0.15) is 36.6 Å². The number of methoxy groups -OCH3 is 1. The number of aromatic nitrogens is 4. The highest BCUT2D eigenvalue weighted by Crippen LogP contribution is 2.32. The number of nitro groups is 1. The fourth-order valence-corrected chi connectivity index (χ4v) is 3.81. The van der Waals surface area contributed by atoms with Gasteiger partial charge in [-0.25, -0.2) is 4.39 Å². The molecule has 0 bridgehead atoms. The molecule has 4 aromatic rings. The lowest BCUT2D eigenvalue weighted by Gasteiger charge is -2.15. The third kappa shape index (κ3) is 7.14. The molecule has 0 aliphatic carbocycles. The van der Waals surface area contributed by atoms with E-state index in [1.54, 1.807) is 26.3 Å². The molecule has 0 saturated heterocycles. The van der Waals surface area contributed by atoms with E-state index in [1.807, 2.05) is 30.1 Å². The summed E-state index contributed by atoms with van der Waals surface area (Å²) in [4.78, 5) is 16.9. The Kier molecular flexibility index (Phi) is 9.36. The van der Waals surface area contributed by atoms with Crippen molar-refractivity contribution in [3.8, 4) is 17.0 Å². The van der Waals surface area contributed by atoms with Crippen LogP contribution >= 0.6 is 15.9 Å². The number of benzene rings is 1. The first-order valence-corrected chi connectivity index (χ1v) is 11.9. The highest BCUT2D eigenvalue weighted by molar-refractivity contribution is 9.10. The lowest BCUT2D eigenvalue weighted by molar-refractivity contribution is -0.392. The number of rotatable bonds is 7. The fraction of sp³-hybridized carbons (Fsp3) is 0.240. The summed E-state index contributed by atoms with van der Waals surface area (Å²) in [6, 6.07) is 7.30. The summed E-state index contributed by atoms with van der Waals surface area (Å²) in [6.45, 7) is 4.45. The SMILES string of the molecule is CCn1cc(Cc2cc(OC)cnc2-c2ccc(F)cc2[C@@H](C)O)cn1.O=[N+]([O-])c1ncc(Br)cc1F. The van der Waals surface area contributed by atoms with Crippen LogP contribution in [0.25, 0.3) is 11.3 Å². The van der Waals surface area contributed by atoms with Crippen molar-refractivity contribution in [3.05, 3.63) is 98.0 Å². The largest absolute Gasteiger partial charge is 0.495 e. The van der Waals surface area contributed by atoms with Gasteiger partial charge < -0.3 is 20.0 Å². The van der Waals surface area contributed by atoms with E-state index in [9.17, 15) is 24.0 Å². The molecule has 1 aromatic carbocycles. The molecular weight excluding hydrogens is 552 g/mol. The molecule has 37 heavy (non-hydrogen) atoms. The maximum atomic E-state index is 13.7. The van der Waals surface area contributed by atoms with E-state index in [1.165, 1.54) is 18.3 Å². The standard InChI is InChI=1S/C20H22FN3O2.C5H2BrFN2O2/c1-4-24-12-14(10-23-24)7-15-8-17(26-3)11-22-20(15)18-6-5-16(21)9-19(18)13(2)25;6-3-1-4(7)5(8-2-3)9(10)11/h5-6,8-13,25H,4,7H2,1-3H3;1-2H/t13-;/m1./s1. The van der Waals surface area contributed by atoms with Gasteiger partial charge in [0.25, 0.3) is 0 Å². The minimum absolute atomic E-state index is 0.376. The van der Waals surface area contributed by atoms with Crippen molar-refractivity contribution in [2.45, 2.75) is 32.9 Å². The molecule has 0 spiro atoms. The van der Waals surface area contributed by atoms with Crippen molar-refractivity contribution < 1.29 is 23.5 Å². The molecule has 9 nitrogen and oxygen atoms in total. The molecule has 0 saturated carbocycles. The second kappa shape index (κ2) is 12.5. The monoisotopic (exact) mass is 575 g/mol. The third-order valence-corrected chi connectivity index (χ3v) is 5.70. The summed E-state index contributed by atoms with van der Waals surface area (Å²) in [5.41, 5.74) is 3.89. The second-order valence-corrected chi connectivity index (χ2v) is 8.80. The molecule has 0 amide bonds. The number of hydrogen-bond acceptors (Lipinski definition) is 7. The molecule has 0 unspecified atom stereocenters. The van der Waals surface area contributed by atoms with Gasteiger partial charge in [0, 0.05) is 30.8 Å². The van der Waals surface area contributed by atoms with Crippen LogP contribution in [-0.4, -0.2) is 36.9 Å². The summed E-state index contributed by atoms with van der Waals surface area (Å²) in [5.74, 6) is -1.44. The van der Waals surface area contributed by atoms with E-state index in [2.05, 4.69) is 31.0 Å². The smallest absolute Gasteiger partial charge is 0.399 e. The predicted octanol–water partition coefficient (Wildman–Crippen LogP) is 5.65. The summed E-state index contributed by atoms with van der Waals surface area (Å²) >= 11 is 2.92. The van der Waals surface area contributed by atoms with Crippen LogP contribution in [0.5, 0.6) is 5.75 Å². The number of nitrogens with zero attached hydrogens (tertiary/aromatic N) is 5. The van der Waals surface area contributed by atoms with Gasteiger partial charge in [0.15, 0.2) is 6.20 Å². The van der Waals surface area contributed by atoms with Crippen LogP contribution in [-0.2, 0) is 13.0 Å². The van der Waals surface area contributed by atoms with Gasteiger partial charge in [-0.3, -0.25) is 9.67 Å². The number of aliphatic hydroxyl groups excluding tert-OH is 1. The Labute approximate surface area is 220 Å². The number of halogens is 3. The predicted molar refractivity (Wildman–Crippen MR) is 136 cm³/mol. The average molecular weight is 576 g/mol. The quantitative estimate of drug-likeness (QED) is 0.223. The Morgan fingerprint density at radius 1 is 1.19 bits per heavy atom. The zero-order valence-electron chi connectivity index (χ0n) is 20.2. The van der Waals surface area contributed by atoms with Crippen LogP contribution in [0.2, 0.25) is 0 Å². The summed E-state index contributed by atoms with van der Waals surface area (Å²) < 4.78 is 33.8. The Hall–Kier alpha value is -3.77. The van der Waals surface area contributed by atoms with Gasteiger partial charge in [-0.05, 0) is 80.6 Å². The highest BCUT2D eigenvalue weighted by Gasteiger charge is 2.17. The summed E-state index contributed by atoms with van der Waals surface area (Å²) in [6.07, 6.45) is 6.41. The topological polar surface area (TPSA) is 116 Å². The lowest BCUT2D eigenvalue weighted by atomic mass is 9.95. The second-order valence-electron chi connectivity index (χ2n) is 7.89. The van der Waals surface area contributed by atoms with Crippen molar-refractivity contribution in [2.24, 2.45) is 0 Å². The van der Waals surface area contributed by atoms with E-state index in [0.29, 0.717) is 33.5 Å². The molecule has 4 rings (SSSR count). The van der Waals surface area contributed by atoms with Crippen molar-refractivity contribution >= 4 is 21.7 Å². The Bertz CT molecular complexity index is 1400. The van der Waals surface area contributed by atoms with Gasteiger partial charge in [0.2, 0.25) is 5.82 Å². The van der Waals surface area contributed by atoms with E-state index in [0.717, 1.165) is 23.7 Å². The molecule has 0 fully saturated rings. The van der Waals surface area contributed by atoms with Crippen LogP contribution < -0.4 is 4.74 Å². The summed E-state index contributed by atoms with van der Waals surface area (Å²) in [5, 5.41) is 24.4. The molecule has 1 N–H and O–H groups in total. The molecule has 0 aliphatic rings. The van der Waals surface area contributed by atoms with Crippen LogP contribution in [0, 0.1) is 21.7 Å². The van der Waals surface area contributed by atoms with Crippen molar-refractivity contribution in [1.82, 2.24) is 19.7 Å². The fourth-order valence-electron chi connectivity index (χ4n) is 3.50. The zero-order valence-corrected chi connectivity index (χ0v) is 21.8. The molecule has 194 valence electrons. The number of aliphatic hydroxyl groups is 1. The molecular formula is C25H24BrF2N5O4. The first kappa shape index (κ1) is 27.8. The van der Waals surface area contributed by atoms with Crippen LogP contribution in [0.3, 0.4) is 0 Å². The van der Waals surface area contributed by atoms with Crippen molar-refractivity contribution in [3.63, 3.8) is 0 Å². The summed E-state index contributed by atoms with van der Waals surface area (Å²) in [7, 11) is 1.59. The van der Waals surface area contributed by atoms with Gasteiger partial charge in [-0.15, -0.1) is 0 Å². The van der Waals surface area contributed by atoms with Crippen molar-refractivity contribution in [1.29, 1.82) is 0 Å². The molecule has 3 heterocycles. The van der Waals surface area contributed by atoms with Crippen LogP contribution in [0.15, 0.2) is 59.6 Å². The van der Waals surface area contributed by atoms with Crippen molar-refractivity contribution in [2.75, 3.05) is 7.11 Å². The van der Waals surface area contributed by atoms with Crippen LogP contribution in [0.4, 0.5) is 14.6 Å². The number of pyridine rings is 2. The van der Waals surface area contributed by atoms with E-state index in [-0.39, 0.29) is 5.82 Å². The Morgan fingerprint density at radius 3 is 2.54 bits per heavy atom. The minimum atomic E-state index is -0.940. The number of hydrogen-bond donors (Lipinski definition) is 1. The minimum Gasteiger partial charge on any atom is -0.495 e. The van der Waals surface area contributed by atoms with Gasteiger partial charge in [0.05, 0.1) is 35.8 Å². The Morgan fingerprint density at radius 2 is 1.95 bits per heavy atom.